The number of hydrogen-bond acceptors (Lipinski definition) is 2. The number of hydrogen-bond donors (Lipinski definition) is 0. The highest BCUT2D eigenvalue weighted by Crippen LogP contribution is 2.26. The molecule has 1 aromatic heterocycles. The fourth-order valence-corrected chi connectivity index (χ4v) is 1.88. The van der Waals surface area contributed by atoms with Gasteiger partial charge in [0.05, 0.1) is 10.6 Å². The van der Waals surface area contributed by atoms with Crippen LogP contribution in [0, 0.1) is 0 Å². The van der Waals surface area contributed by atoms with Gasteiger partial charge in [0.2, 0.25) is 0 Å². The van der Waals surface area contributed by atoms with E-state index in [0.717, 1.165) is 12.8 Å². The van der Waals surface area contributed by atoms with Crippen molar-refractivity contribution in [2.75, 3.05) is 7.05 Å². The van der Waals surface area contributed by atoms with Crippen molar-refractivity contribution in [2.24, 2.45) is 0 Å². The summed E-state index contributed by atoms with van der Waals surface area (Å²) in [5.74, 6) is -0.00731. The van der Waals surface area contributed by atoms with E-state index in [9.17, 15) is 4.79 Å². The Morgan fingerprint density at radius 1 is 1.60 bits per heavy atom. The highest BCUT2D eigenvalue weighted by molar-refractivity contribution is 6.33. The largest absolute Gasteiger partial charge is 0.339 e. The van der Waals surface area contributed by atoms with Crippen LogP contribution in [-0.4, -0.2) is 28.9 Å². The molecule has 4 heteroatoms. The Labute approximate surface area is 94.1 Å². The van der Waals surface area contributed by atoms with Crippen LogP contribution in [-0.2, 0) is 0 Å². The topological polar surface area (TPSA) is 33.2 Å². The minimum Gasteiger partial charge on any atom is -0.339 e. The minimum absolute atomic E-state index is 0.00731. The van der Waals surface area contributed by atoms with Crippen molar-refractivity contribution in [1.29, 1.82) is 0 Å². The molecule has 3 nitrogen and oxygen atoms in total. The number of rotatable bonds is 2. The maximum atomic E-state index is 12.0. The Bertz CT molecular complexity index is 377. The Morgan fingerprint density at radius 3 is 2.87 bits per heavy atom. The molecule has 1 heterocycles. The van der Waals surface area contributed by atoms with Crippen molar-refractivity contribution in [1.82, 2.24) is 9.88 Å². The Kier molecular flexibility index (Phi) is 2.91. The van der Waals surface area contributed by atoms with Gasteiger partial charge in [0.25, 0.3) is 5.91 Å². The quantitative estimate of drug-likeness (QED) is 0.773. The van der Waals surface area contributed by atoms with Gasteiger partial charge in [-0.05, 0) is 25.3 Å². The van der Waals surface area contributed by atoms with Gasteiger partial charge in [-0.3, -0.25) is 9.78 Å². The van der Waals surface area contributed by atoms with E-state index in [1.165, 1.54) is 12.6 Å². The second-order valence-electron chi connectivity index (χ2n) is 3.86. The normalized spacial score (nSPS) is 15.9. The van der Waals surface area contributed by atoms with Crippen LogP contribution in [0.3, 0.4) is 0 Å². The summed E-state index contributed by atoms with van der Waals surface area (Å²) in [7, 11) is 1.84. The predicted octanol–water partition coefficient (Wildman–Crippen LogP) is 2.36. The zero-order valence-electron chi connectivity index (χ0n) is 8.61. The van der Waals surface area contributed by atoms with Crippen LogP contribution < -0.4 is 0 Å². The van der Waals surface area contributed by atoms with Gasteiger partial charge in [-0.1, -0.05) is 11.6 Å². The predicted molar refractivity (Wildman–Crippen MR) is 59.0 cm³/mol. The number of carbonyl (C=O) groups is 1. The van der Waals surface area contributed by atoms with Crippen molar-refractivity contribution in [2.45, 2.75) is 25.3 Å². The maximum absolute atomic E-state index is 12.0. The van der Waals surface area contributed by atoms with Crippen molar-refractivity contribution >= 4 is 17.5 Å². The number of aromatic nitrogens is 1. The molecule has 0 aromatic carbocycles. The number of pyridine rings is 1. The minimum atomic E-state index is -0.00731. The third-order valence-electron chi connectivity index (χ3n) is 2.95. The van der Waals surface area contributed by atoms with Gasteiger partial charge in [0, 0.05) is 25.5 Å². The fraction of sp³-hybridized carbons (Fsp3) is 0.455. The van der Waals surface area contributed by atoms with Crippen molar-refractivity contribution in [3.8, 4) is 0 Å². The molecule has 0 radical (unpaired) electrons. The lowest BCUT2D eigenvalue weighted by molar-refractivity contribution is 0.0652. The maximum Gasteiger partial charge on any atom is 0.255 e. The SMILES string of the molecule is CN(C(=O)c1ccncc1Cl)C1CCC1. The summed E-state index contributed by atoms with van der Waals surface area (Å²) in [4.78, 5) is 17.7. The Hall–Kier alpha value is -1.09. The van der Waals surface area contributed by atoms with Gasteiger partial charge < -0.3 is 4.90 Å². The van der Waals surface area contributed by atoms with Gasteiger partial charge in [0.1, 0.15) is 0 Å². The first-order valence-corrected chi connectivity index (χ1v) is 5.44. The van der Waals surface area contributed by atoms with Crippen molar-refractivity contribution in [3.05, 3.63) is 29.0 Å². The molecule has 1 aromatic rings. The smallest absolute Gasteiger partial charge is 0.255 e. The van der Waals surface area contributed by atoms with Crippen molar-refractivity contribution in [3.63, 3.8) is 0 Å². The molecule has 0 aliphatic heterocycles. The van der Waals surface area contributed by atoms with Gasteiger partial charge in [-0.25, -0.2) is 0 Å². The van der Waals surface area contributed by atoms with E-state index in [0.29, 0.717) is 16.6 Å². The molecule has 0 bridgehead atoms. The van der Waals surface area contributed by atoms with Crippen LogP contribution in [0.5, 0.6) is 0 Å². The summed E-state index contributed by atoms with van der Waals surface area (Å²) in [5, 5.41) is 0.425. The molecule has 80 valence electrons. The second-order valence-corrected chi connectivity index (χ2v) is 4.26. The van der Waals surface area contributed by atoms with Gasteiger partial charge >= 0.3 is 0 Å². The molecule has 1 amide bonds. The summed E-state index contributed by atoms with van der Waals surface area (Å²) in [6.45, 7) is 0. The molecule has 1 aliphatic rings. The molecule has 2 rings (SSSR count). The molecule has 1 fully saturated rings. The van der Waals surface area contributed by atoms with E-state index >= 15 is 0 Å². The van der Waals surface area contributed by atoms with E-state index < -0.39 is 0 Å². The molecular formula is C11H13ClN2O. The summed E-state index contributed by atoms with van der Waals surface area (Å²) < 4.78 is 0. The fourth-order valence-electron chi connectivity index (χ4n) is 1.68. The summed E-state index contributed by atoms with van der Waals surface area (Å²) in [6, 6.07) is 2.06. The van der Waals surface area contributed by atoms with E-state index in [1.54, 1.807) is 17.2 Å². The Morgan fingerprint density at radius 2 is 2.33 bits per heavy atom. The number of amides is 1. The number of nitrogens with zero attached hydrogens (tertiary/aromatic N) is 2. The third-order valence-corrected chi connectivity index (χ3v) is 3.25. The van der Waals surface area contributed by atoms with Gasteiger partial charge in [0.15, 0.2) is 0 Å². The zero-order chi connectivity index (χ0) is 10.8. The van der Waals surface area contributed by atoms with Gasteiger partial charge in [-0.15, -0.1) is 0 Å². The van der Waals surface area contributed by atoms with Crippen LogP contribution in [0.25, 0.3) is 0 Å². The lowest BCUT2D eigenvalue weighted by Gasteiger charge is -2.34. The lowest BCUT2D eigenvalue weighted by Crippen LogP contribution is -2.41. The molecular weight excluding hydrogens is 212 g/mol. The summed E-state index contributed by atoms with van der Waals surface area (Å²) in [6.07, 6.45) is 6.51. The molecule has 0 N–H and O–H groups in total. The Balaban J connectivity index is 2.16. The zero-order valence-corrected chi connectivity index (χ0v) is 9.37. The van der Waals surface area contributed by atoms with Crippen LogP contribution in [0.4, 0.5) is 0 Å². The lowest BCUT2D eigenvalue weighted by atomic mass is 9.91. The highest BCUT2D eigenvalue weighted by Gasteiger charge is 2.27. The van der Waals surface area contributed by atoms with Crippen LogP contribution in [0.1, 0.15) is 29.6 Å². The van der Waals surface area contributed by atoms with Crippen LogP contribution in [0.2, 0.25) is 5.02 Å². The first-order valence-electron chi connectivity index (χ1n) is 5.07. The van der Waals surface area contributed by atoms with E-state index in [1.807, 2.05) is 7.05 Å². The molecule has 1 aliphatic carbocycles. The number of carbonyl (C=O) groups excluding carboxylic acids is 1. The molecule has 0 saturated heterocycles. The third kappa shape index (κ3) is 1.97. The second kappa shape index (κ2) is 4.19. The van der Waals surface area contributed by atoms with Crippen molar-refractivity contribution < 1.29 is 4.79 Å². The summed E-state index contributed by atoms with van der Waals surface area (Å²) >= 11 is 5.92. The standard InChI is InChI=1S/C11H13ClN2O/c1-14(8-3-2-4-8)11(15)9-5-6-13-7-10(9)12/h5-8H,2-4H2,1H3. The van der Waals surface area contributed by atoms with E-state index in [2.05, 4.69) is 4.98 Å². The molecule has 1 saturated carbocycles. The average molecular weight is 225 g/mol. The summed E-state index contributed by atoms with van der Waals surface area (Å²) in [5.41, 5.74) is 0.543. The first-order chi connectivity index (χ1) is 7.20. The monoisotopic (exact) mass is 224 g/mol. The molecule has 15 heavy (non-hydrogen) atoms. The first kappa shape index (κ1) is 10.4. The molecule has 0 atom stereocenters. The number of halogens is 1. The molecule has 0 unspecified atom stereocenters. The average Bonchev–Trinajstić information content (AvgIpc) is 2.15. The van der Waals surface area contributed by atoms with Gasteiger partial charge in [-0.2, -0.15) is 0 Å². The highest BCUT2D eigenvalue weighted by atomic mass is 35.5. The van der Waals surface area contributed by atoms with E-state index in [4.69, 9.17) is 11.6 Å². The van der Waals surface area contributed by atoms with Crippen LogP contribution in [0.15, 0.2) is 18.5 Å². The van der Waals surface area contributed by atoms with Crippen LogP contribution >= 0.6 is 11.6 Å². The van der Waals surface area contributed by atoms with E-state index in [-0.39, 0.29) is 5.91 Å². The molecule has 0 spiro atoms.